The lowest BCUT2D eigenvalue weighted by Crippen LogP contribution is -2.46. The fourth-order valence-corrected chi connectivity index (χ4v) is 3.63. The van der Waals surface area contributed by atoms with Crippen molar-refractivity contribution in [2.45, 2.75) is 45.3 Å². The maximum absolute atomic E-state index is 12.3. The average Bonchev–Trinajstić information content (AvgIpc) is 3.24. The van der Waals surface area contributed by atoms with Crippen LogP contribution in [0.1, 0.15) is 36.3 Å². The summed E-state index contributed by atoms with van der Waals surface area (Å²) in [5, 5.41) is 6.89. The summed E-state index contributed by atoms with van der Waals surface area (Å²) in [5.41, 5.74) is 0.868. The third-order valence-corrected chi connectivity index (χ3v) is 5.37. The first-order valence-electron chi connectivity index (χ1n) is 8.11. The fraction of sp³-hybridized carbons (Fsp3) is 0.733. The summed E-state index contributed by atoms with van der Waals surface area (Å²) >= 11 is 1.31. The predicted octanol–water partition coefficient (Wildman–Crippen LogP) is 0.880. The van der Waals surface area contributed by atoms with Gasteiger partial charge in [-0.15, -0.1) is 5.10 Å². The molecule has 23 heavy (non-hydrogen) atoms. The normalized spacial score (nSPS) is 22.3. The number of hydrogen-bond acceptors (Lipinski definition) is 6. The van der Waals surface area contributed by atoms with Crippen LogP contribution in [0.25, 0.3) is 0 Å². The van der Waals surface area contributed by atoms with E-state index in [2.05, 4.69) is 14.9 Å². The van der Waals surface area contributed by atoms with Gasteiger partial charge in [-0.25, -0.2) is 0 Å². The number of hydrogen-bond donors (Lipinski definition) is 1. The minimum Gasteiger partial charge on any atom is -0.368 e. The SMILES string of the molecule is Cc1nnsc1CNC(=O)C1CCN(C(=O)C2CCCO2)CC1. The van der Waals surface area contributed by atoms with E-state index in [-0.39, 0.29) is 23.8 Å². The van der Waals surface area contributed by atoms with Crippen molar-refractivity contribution in [1.82, 2.24) is 19.8 Å². The van der Waals surface area contributed by atoms with Gasteiger partial charge in [0.1, 0.15) is 6.10 Å². The van der Waals surface area contributed by atoms with Crippen LogP contribution in [-0.4, -0.2) is 52.1 Å². The maximum atomic E-state index is 12.3. The van der Waals surface area contributed by atoms with Crippen LogP contribution in [0.3, 0.4) is 0 Å². The van der Waals surface area contributed by atoms with Crippen LogP contribution in [-0.2, 0) is 20.9 Å². The number of nitrogens with zero attached hydrogens (tertiary/aromatic N) is 3. The number of rotatable bonds is 4. The maximum Gasteiger partial charge on any atom is 0.251 e. The van der Waals surface area contributed by atoms with Crippen molar-refractivity contribution < 1.29 is 14.3 Å². The molecule has 7 nitrogen and oxygen atoms in total. The number of aryl methyl sites for hydroxylation is 1. The van der Waals surface area contributed by atoms with Crippen molar-refractivity contribution in [1.29, 1.82) is 0 Å². The number of aromatic nitrogens is 2. The summed E-state index contributed by atoms with van der Waals surface area (Å²) in [5.74, 6) is 0.125. The van der Waals surface area contributed by atoms with E-state index in [1.807, 2.05) is 11.8 Å². The molecule has 2 aliphatic heterocycles. The first-order chi connectivity index (χ1) is 11.1. The molecule has 2 saturated heterocycles. The topological polar surface area (TPSA) is 84.4 Å². The molecule has 1 N–H and O–H groups in total. The van der Waals surface area contributed by atoms with Gasteiger partial charge >= 0.3 is 0 Å². The van der Waals surface area contributed by atoms with E-state index in [1.54, 1.807) is 0 Å². The summed E-state index contributed by atoms with van der Waals surface area (Å²) in [7, 11) is 0. The third-order valence-electron chi connectivity index (χ3n) is 4.55. The molecule has 0 radical (unpaired) electrons. The summed E-state index contributed by atoms with van der Waals surface area (Å²) in [6, 6.07) is 0. The highest BCUT2D eigenvalue weighted by molar-refractivity contribution is 7.05. The van der Waals surface area contributed by atoms with E-state index in [0.717, 1.165) is 23.4 Å². The van der Waals surface area contributed by atoms with Crippen LogP contribution in [0.15, 0.2) is 0 Å². The average molecular weight is 338 g/mol. The van der Waals surface area contributed by atoms with Crippen LogP contribution in [0.2, 0.25) is 0 Å². The van der Waals surface area contributed by atoms with Crippen molar-refractivity contribution in [3.63, 3.8) is 0 Å². The summed E-state index contributed by atoms with van der Waals surface area (Å²) in [6.45, 7) is 4.33. The quantitative estimate of drug-likeness (QED) is 0.881. The van der Waals surface area contributed by atoms with Crippen molar-refractivity contribution in [3.8, 4) is 0 Å². The van der Waals surface area contributed by atoms with E-state index in [0.29, 0.717) is 39.1 Å². The molecule has 1 atom stereocenters. The lowest BCUT2D eigenvalue weighted by Gasteiger charge is -2.32. The molecule has 0 saturated carbocycles. The minimum atomic E-state index is -0.262. The van der Waals surface area contributed by atoms with Crippen LogP contribution in [0.4, 0.5) is 0 Å². The third kappa shape index (κ3) is 3.87. The molecule has 3 rings (SSSR count). The molecule has 126 valence electrons. The minimum absolute atomic E-state index is 0.0234. The molecule has 2 amide bonds. The zero-order valence-corrected chi connectivity index (χ0v) is 14.1. The number of ether oxygens (including phenoxy) is 1. The lowest BCUT2D eigenvalue weighted by atomic mass is 9.95. The van der Waals surface area contributed by atoms with Gasteiger partial charge in [0.25, 0.3) is 5.91 Å². The molecule has 2 aliphatic rings. The highest BCUT2D eigenvalue weighted by Crippen LogP contribution is 2.21. The van der Waals surface area contributed by atoms with Gasteiger partial charge < -0.3 is 15.0 Å². The lowest BCUT2D eigenvalue weighted by molar-refractivity contribution is -0.143. The molecule has 8 heteroatoms. The van der Waals surface area contributed by atoms with E-state index < -0.39 is 0 Å². The van der Waals surface area contributed by atoms with E-state index >= 15 is 0 Å². The van der Waals surface area contributed by atoms with Crippen molar-refractivity contribution in [2.24, 2.45) is 5.92 Å². The second kappa shape index (κ2) is 7.35. The number of piperidine rings is 1. The number of amides is 2. The van der Waals surface area contributed by atoms with Crippen LogP contribution >= 0.6 is 11.5 Å². The Morgan fingerprint density at radius 2 is 2.13 bits per heavy atom. The van der Waals surface area contributed by atoms with Crippen LogP contribution < -0.4 is 5.32 Å². The molecule has 0 spiro atoms. The Bertz CT molecular complexity index is 563. The van der Waals surface area contributed by atoms with Crippen molar-refractivity contribution in [3.05, 3.63) is 10.6 Å². The van der Waals surface area contributed by atoms with Crippen LogP contribution in [0, 0.1) is 12.8 Å². The molecule has 2 fully saturated rings. The molecule has 0 aliphatic carbocycles. The Hall–Kier alpha value is -1.54. The standard InChI is InChI=1S/C15H22N4O3S/c1-10-13(23-18-17-10)9-16-14(20)11-4-6-19(7-5-11)15(21)12-3-2-8-22-12/h11-12H,2-9H2,1H3,(H,16,20). The van der Waals surface area contributed by atoms with Gasteiger partial charge in [0.15, 0.2) is 0 Å². The van der Waals surface area contributed by atoms with Gasteiger partial charge in [-0.1, -0.05) is 4.49 Å². The Morgan fingerprint density at radius 3 is 2.74 bits per heavy atom. The number of carbonyl (C=O) groups is 2. The second-order valence-corrected chi connectivity index (χ2v) is 6.94. The molecular weight excluding hydrogens is 316 g/mol. The Kier molecular flexibility index (Phi) is 5.22. The van der Waals surface area contributed by atoms with Crippen LogP contribution in [0.5, 0.6) is 0 Å². The molecule has 0 bridgehead atoms. The van der Waals surface area contributed by atoms with Crippen molar-refractivity contribution in [2.75, 3.05) is 19.7 Å². The molecule has 1 aromatic rings. The zero-order chi connectivity index (χ0) is 16.2. The largest absolute Gasteiger partial charge is 0.368 e. The second-order valence-electron chi connectivity index (χ2n) is 6.10. The molecule has 3 heterocycles. The predicted molar refractivity (Wildman–Crippen MR) is 84.8 cm³/mol. The highest BCUT2D eigenvalue weighted by Gasteiger charge is 2.32. The number of nitrogens with one attached hydrogen (secondary N) is 1. The molecule has 0 aromatic carbocycles. The monoisotopic (exact) mass is 338 g/mol. The summed E-state index contributed by atoms with van der Waals surface area (Å²) in [4.78, 5) is 27.4. The Balaban J connectivity index is 1.44. The zero-order valence-electron chi connectivity index (χ0n) is 13.3. The first-order valence-corrected chi connectivity index (χ1v) is 8.88. The van der Waals surface area contributed by atoms with Gasteiger partial charge in [0, 0.05) is 25.6 Å². The Morgan fingerprint density at radius 1 is 1.35 bits per heavy atom. The van der Waals surface area contributed by atoms with Crippen molar-refractivity contribution >= 4 is 23.3 Å². The highest BCUT2D eigenvalue weighted by atomic mass is 32.1. The number of carbonyl (C=O) groups excluding carboxylic acids is 2. The van der Waals surface area contributed by atoms with Gasteiger partial charge in [0.2, 0.25) is 5.91 Å². The summed E-state index contributed by atoms with van der Waals surface area (Å²) < 4.78 is 9.32. The van der Waals surface area contributed by atoms with E-state index in [1.165, 1.54) is 11.5 Å². The van der Waals surface area contributed by atoms with Gasteiger partial charge in [-0.3, -0.25) is 9.59 Å². The first kappa shape index (κ1) is 16.3. The molecule has 1 unspecified atom stereocenters. The molecule has 1 aromatic heterocycles. The Labute approximate surface area is 139 Å². The van der Waals surface area contributed by atoms with Gasteiger partial charge in [-0.2, -0.15) is 0 Å². The van der Waals surface area contributed by atoms with Gasteiger partial charge in [0.05, 0.1) is 17.1 Å². The fourth-order valence-electron chi connectivity index (χ4n) is 3.06. The number of likely N-dealkylation sites (tertiary alicyclic amines) is 1. The van der Waals surface area contributed by atoms with Gasteiger partial charge in [-0.05, 0) is 44.1 Å². The van der Waals surface area contributed by atoms with E-state index in [9.17, 15) is 9.59 Å². The molecular formula is C15H22N4O3S. The summed E-state index contributed by atoms with van der Waals surface area (Å²) in [6.07, 6.45) is 2.94. The smallest absolute Gasteiger partial charge is 0.251 e. The van der Waals surface area contributed by atoms with E-state index in [4.69, 9.17) is 4.74 Å².